The Hall–Kier alpha value is -3.25. The number of hydrogen-bond donors (Lipinski definition) is 2. The fourth-order valence-electron chi connectivity index (χ4n) is 5.30. The molecule has 0 saturated carbocycles. The zero-order valence-corrected chi connectivity index (χ0v) is 23.3. The lowest BCUT2D eigenvalue weighted by Gasteiger charge is -2.09. The number of nitrogens with one attached hydrogen (secondary N) is 2. The Bertz CT molecular complexity index is 1360. The molecular formula is C34H38N2O2S. The monoisotopic (exact) mass is 538 g/mol. The van der Waals surface area contributed by atoms with Crippen molar-refractivity contribution in [3.05, 3.63) is 119 Å². The van der Waals surface area contributed by atoms with Crippen LogP contribution in [-0.2, 0) is 35.8 Å². The van der Waals surface area contributed by atoms with E-state index in [2.05, 4.69) is 83.4 Å². The maximum atomic E-state index is 13.2. The Morgan fingerprint density at radius 2 is 0.923 bits per heavy atom. The molecule has 202 valence electrons. The lowest BCUT2D eigenvalue weighted by Crippen LogP contribution is -2.15. The predicted octanol–water partition coefficient (Wildman–Crippen LogP) is 6.72. The molecule has 5 rings (SSSR count). The normalized spacial score (nSPS) is 13.2. The first-order valence-corrected chi connectivity index (χ1v) is 15.6. The van der Waals surface area contributed by atoms with Gasteiger partial charge in [0.25, 0.3) is 0 Å². The topological polar surface area (TPSA) is 58.2 Å². The average Bonchev–Trinajstić information content (AvgIpc) is 3.19. The van der Waals surface area contributed by atoms with E-state index in [1.807, 2.05) is 12.1 Å². The van der Waals surface area contributed by atoms with Gasteiger partial charge in [-0.25, -0.2) is 8.42 Å². The molecule has 4 aromatic rings. The second-order valence-electron chi connectivity index (χ2n) is 10.4. The minimum atomic E-state index is -3.46. The molecule has 0 spiro atoms. The van der Waals surface area contributed by atoms with E-state index in [1.54, 1.807) is 12.1 Å². The highest BCUT2D eigenvalue weighted by molar-refractivity contribution is 7.92. The van der Waals surface area contributed by atoms with Gasteiger partial charge in [0.05, 0.1) is 9.79 Å². The zero-order chi connectivity index (χ0) is 26.9. The van der Waals surface area contributed by atoms with Crippen LogP contribution in [0.5, 0.6) is 0 Å². The Morgan fingerprint density at radius 3 is 1.36 bits per heavy atom. The van der Waals surface area contributed by atoms with Crippen LogP contribution in [0.15, 0.2) is 107 Å². The van der Waals surface area contributed by atoms with Gasteiger partial charge in [-0.1, -0.05) is 72.8 Å². The van der Waals surface area contributed by atoms with Gasteiger partial charge in [-0.15, -0.1) is 0 Å². The van der Waals surface area contributed by atoms with Crippen molar-refractivity contribution in [1.29, 1.82) is 0 Å². The lowest BCUT2D eigenvalue weighted by atomic mass is 10.0. The van der Waals surface area contributed by atoms with Gasteiger partial charge in [-0.05, 0) is 98.1 Å². The van der Waals surface area contributed by atoms with Crippen LogP contribution in [0.4, 0.5) is 0 Å². The standard InChI is InChI=1S/C34H38N2O2S/c37-39(38)33-19-17-29(25-35-21-9-7-15-27-11-3-1-4-12-27)23-31(33)32-24-30(18-20-34(32)39)26-36-22-10-8-16-28-13-5-2-6-14-28/h1-6,11-14,17-20,23-24,35-36H,7-10,15-16,21-22,25-26H2. The molecule has 39 heavy (non-hydrogen) atoms. The molecule has 4 aromatic carbocycles. The molecule has 2 N–H and O–H groups in total. The van der Waals surface area contributed by atoms with E-state index >= 15 is 0 Å². The second kappa shape index (κ2) is 13.2. The predicted molar refractivity (Wildman–Crippen MR) is 160 cm³/mol. The number of hydrogen-bond acceptors (Lipinski definition) is 4. The summed E-state index contributed by atoms with van der Waals surface area (Å²) in [6, 6.07) is 32.7. The number of fused-ring (bicyclic) bond motifs is 3. The number of rotatable bonds is 14. The van der Waals surface area contributed by atoms with Crippen LogP contribution in [-0.4, -0.2) is 21.5 Å². The highest BCUT2D eigenvalue weighted by atomic mass is 32.2. The van der Waals surface area contributed by atoms with Gasteiger partial charge in [0.1, 0.15) is 0 Å². The van der Waals surface area contributed by atoms with E-state index in [9.17, 15) is 8.42 Å². The van der Waals surface area contributed by atoms with E-state index in [1.165, 1.54) is 11.1 Å². The molecule has 1 heterocycles. The molecule has 1 aliphatic heterocycles. The third kappa shape index (κ3) is 7.04. The third-order valence-corrected chi connectivity index (χ3v) is 9.31. The van der Waals surface area contributed by atoms with Crippen LogP contribution in [0.2, 0.25) is 0 Å². The van der Waals surface area contributed by atoms with Crippen LogP contribution in [0, 0.1) is 0 Å². The highest BCUT2D eigenvalue weighted by Gasteiger charge is 2.33. The number of sulfone groups is 1. The van der Waals surface area contributed by atoms with E-state index in [0.717, 1.165) is 87.0 Å². The quantitative estimate of drug-likeness (QED) is 0.154. The third-order valence-electron chi connectivity index (χ3n) is 7.44. The summed E-state index contributed by atoms with van der Waals surface area (Å²) in [6.07, 6.45) is 6.72. The molecule has 0 atom stereocenters. The van der Waals surface area contributed by atoms with Crippen molar-refractivity contribution in [1.82, 2.24) is 10.6 Å². The minimum Gasteiger partial charge on any atom is -0.313 e. The van der Waals surface area contributed by atoms with Crippen LogP contribution in [0.1, 0.15) is 47.9 Å². The highest BCUT2D eigenvalue weighted by Crippen LogP contribution is 2.43. The van der Waals surface area contributed by atoms with Gasteiger partial charge in [-0.2, -0.15) is 0 Å². The maximum Gasteiger partial charge on any atom is 0.207 e. The lowest BCUT2D eigenvalue weighted by molar-refractivity contribution is 0.598. The van der Waals surface area contributed by atoms with Crippen molar-refractivity contribution in [2.75, 3.05) is 13.1 Å². The summed E-state index contributed by atoms with van der Waals surface area (Å²) in [5.74, 6) is 0. The maximum absolute atomic E-state index is 13.2. The van der Waals surface area contributed by atoms with Crippen LogP contribution >= 0.6 is 0 Å². The summed E-state index contributed by atoms with van der Waals surface area (Å²) >= 11 is 0. The summed E-state index contributed by atoms with van der Waals surface area (Å²) in [5, 5.41) is 7.06. The van der Waals surface area contributed by atoms with Gasteiger partial charge in [0.15, 0.2) is 0 Å². The average molecular weight is 539 g/mol. The first kappa shape index (κ1) is 27.3. The SMILES string of the molecule is O=S1(=O)c2ccc(CNCCCCc3ccccc3)cc2-c2cc(CNCCCCc3ccccc3)ccc21. The van der Waals surface area contributed by atoms with E-state index in [4.69, 9.17) is 0 Å². The molecule has 5 heteroatoms. The Kier molecular flexibility index (Phi) is 9.25. The van der Waals surface area contributed by atoms with Crippen LogP contribution in [0.3, 0.4) is 0 Å². The number of aryl methyl sites for hydroxylation is 2. The molecule has 1 aliphatic rings. The summed E-state index contributed by atoms with van der Waals surface area (Å²) < 4.78 is 26.3. The molecule has 4 nitrogen and oxygen atoms in total. The number of benzene rings is 4. The molecule has 0 bridgehead atoms. The van der Waals surface area contributed by atoms with Crippen LogP contribution in [0.25, 0.3) is 11.1 Å². The molecule has 0 unspecified atom stereocenters. The molecule has 0 saturated heterocycles. The molecule has 0 aliphatic carbocycles. The van der Waals surface area contributed by atoms with Crippen LogP contribution < -0.4 is 10.6 Å². The fourth-order valence-corrected chi connectivity index (χ4v) is 6.94. The van der Waals surface area contributed by atoms with Crippen molar-refractivity contribution in [3.63, 3.8) is 0 Å². The Balaban J connectivity index is 1.13. The summed E-state index contributed by atoms with van der Waals surface area (Å²) in [5.41, 5.74) is 6.65. The summed E-state index contributed by atoms with van der Waals surface area (Å²) in [7, 11) is -3.46. The van der Waals surface area contributed by atoms with E-state index in [-0.39, 0.29) is 0 Å². The number of unbranched alkanes of at least 4 members (excludes halogenated alkanes) is 2. The molecule has 0 radical (unpaired) electrons. The fraction of sp³-hybridized carbons (Fsp3) is 0.294. The van der Waals surface area contributed by atoms with Crippen molar-refractivity contribution < 1.29 is 8.42 Å². The largest absolute Gasteiger partial charge is 0.313 e. The van der Waals surface area contributed by atoms with Crippen molar-refractivity contribution in [2.24, 2.45) is 0 Å². The van der Waals surface area contributed by atoms with Crippen molar-refractivity contribution in [2.45, 2.75) is 61.4 Å². The molecule has 0 fully saturated rings. The van der Waals surface area contributed by atoms with E-state index in [0.29, 0.717) is 9.79 Å². The van der Waals surface area contributed by atoms with Crippen molar-refractivity contribution in [3.8, 4) is 11.1 Å². The summed E-state index contributed by atoms with van der Waals surface area (Å²) in [6.45, 7) is 3.36. The van der Waals surface area contributed by atoms with Gasteiger partial charge >= 0.3 is 0 Å². The van der Waals surface area contributed by atoms with Gasteiger partial charge in [-0.3, -0.25) is 0 Å². The van der Waals surface area contributed by atoms with Gasteiger partial charge in [0, 0.05) is 24.2 Å². The zero-order valence-electron chi connectivity index (χ0n) is 22.5. The first-order chi connectivity index (χ1) is 19.1. The van der Waals surface area contributed by atoms with E-state index < -0.39 is 9.84 Å². The Labute approximate surface area is 233 Å². The molecule has 0 aromatic heterocycles. The smallest absolute Gasteiger partial charge is 0.207 e. The minimum absolute atomic E-state index is 0.426. The molecular weight excluding hydrogens is 500 g/mol. The van der Waals surface area contributed by atoms with Gasteiger partial charge in [0.2, 0.25) is 9.84 Å². The Morgan fingerprint density at radius 1 is 0.487 bits per heavy atom. The first-order valence-electron chi connectivity index (χ1n) is 14.1. The summed E-state index contributed by atoms with van der Waals surface area (Å²) in [4.78, 5) is 0.852. The second-order valence-corrected chi connectivity index (χ2v) is 12.3. The van der Waals surface area contributed by atoms with Crippen molar-refractivity contribution >= 4 is 9.84 Å². The molecule has 0 amide bonds. The van der Waals surface area contributed by atoms with Gasteiger partial charge < -0.3 is 10.6 Å².